The number of aliphatic hydroxyl groups excluding tert-OH is 1. The lowest BCUT2D eigenvalue weighted by atomic mass is 10.2. The Labute approximate surface area is 226 Å². The number of nitrogens with zero attached hydrogens (tertiary/aromatic N) is 2. The third kappa shape index (κ3) is 4.78. The first-order valence-corrected chi connectivity index (χ1v) is 13.8. The number of fused-ring (bicyclic) bond motifs is 3. The zero-order valence-corrected chi connectivity index (χ0v) is 22.5. The van der Waals surface area contributed by atoms with E-state index in [-0.39, 0.29) is 28.8 Å². The van der Waals surface area contributed by atoms with Gasteiger partial charge >= 0.3 is 0 Å². The summed E-state index contributed by atoms with van der Waals surface area (Å²) in [5.41, 5.74) is 2.29. The van der Waals surface area contributed by atoms with Crippen LogP contribution in [0, 0.1) is 0 Å². The molecule has 0 fully saturated rings. The molecule has 1 atom stereocenters. The molecule has 196 valence electrons. The predicted octanol–water partition coefficient (Wildman–Crippen LogP) is 5.72. The number of hydrogen-bond donors (Lipinski definition) is 1. The number of halogens is 1. The molecule has 0 saturated carbocycles. The Kier molecular flexibility index (Phi) is 7.21. The lowest BCUT2D eigenvalue weighted by molar-refractivity contribution is 0.166. The minimum Gasteiger partial charge on any atom is -0.497 e. The maximum atomic E-state index is 14.0. The van der Waals surface area contributed by atoms with Gasteiger partial charge in [-0.2, -0.15) is 0 Å². The molecule has 5 rings (SSSR count). The second kappa shape index (κ2) is 10.6. The number of methoxy groups -OCH3 is 2. The van der Waals surface area contributed by atoms with Crippen molar-refractivity contribution in [3.05, 3.63) is 96.0 Å². The van der Waals surface area contributed by atoms with Gasteiger partial charge in [-0.05, 0) is 54.6 Å². The van der Waals surface area contributed by atoms with E-state index in [4.69, 9.17) is 21.1 Å². The van der Waals surface area contributed by atoms with Crippen LogP contribution in [0.2, 0.25) is 5.02 Å². The summed E-state index contributed by atoms with van der Waals surface area (Å²) in [6.45, 7) is -0.0198. The molecule has 0 aliphatic heterocycles. The van der Waals surface area contributed by atoms with Crippen LogP contribution in [0.15, 0.2) is 95.9 Å². The molecular formula is C29H27ClN2O5S. The molecule has 1 N–H and O–H groups in total. The first-order chi connectivity index (χ1) is 18.3. The summed E-state index contributed by atoms with van der Waals surface area (Å²) >= 11 is 6.17. The molecule has 0 spiro atoms. The largest absolute Gasteiger partial charge is 0.497 e. The van der Waals surface area contributed by atoms with Gasteiger partial charge in [0, 0.05) is 26.8 Å². The first kappa shape index (κ1) is 25.9. The Morgan fingerprint density at radius 1 is 0.868 bits per heavy atom. The summed E-state index contributed by atoms with van der Waals surface area (Å²) in [6, 6.07) is 27.0. The second-order valence-electron chi connectivity index (χ2n) is 8.83. The van der Waals surface area contributed by atoms with E-state index in [1.165, 1.54) is 30.7 Å². The summed E-state index contributed by atoms with van der Waals surface area (Å²) in [6.07, 6.45) is -1.05. The van der Waals surface area contributed by atoms with Crippen LogP contribution in [0.4, 0.5) is 5.69 Å². The molecule has 0 aliphatic rings. The van der Waals surface area contributed by atoms with Crippen molar-refractivity contribution < 1.29 is 23.0 Å². The lowest BCUT2D eigenvalue weighted by Crippen LogP contribution is -2.39. The average Bonchev–Trinajstić information content (AvgIpc) is 3.25. The van der Waals surface area contributed by atoms with Gasteiger partial charge in [0.15, 0.2) is 0 Å². The number of aliphatic hydroxyl groups is 1. The number of benzene rings is 4. The number of aromatic nitrogens is 1. The highest BCUT2D eigenvalue weighted by Gasteiger charge is 2.31. The van der Waals surface area contributed by atoms with Gasteiger partial charge in [-0.25, -0.2) is 8.42 Å². The van der Waals surface area contributed by atoms with E-state index in [0.717, 1.165) is 21.8 Å². The van der Waals surface area contributed by atoms with Crippen molar-refractivity contribution in [3.63, 3.8) is 0 Å². The maximum absolute atomic E-state index is 14.0. The summed E-state index contributed by atoms with van der Waals surface area (Å²) < 4.78 is 41.8. The van der Waals surface area contributed by atoms with E-state index < -0.39 is 16.1 Å². The van der Waals surface area contributed by atoms with Crippen molar-refractivity contribution in [1.82, 2.24) is 4.57 Å². The monoisotopic (exact) mass is 550 g/mol. The number of sulfonamides is 1. The van der Waals surface area contributed by atoms with Crippen LogP contribution in [0.1, 0.15) is 0 Å². The van der Waals surface area contributed by atoms with Gasteiger partial charge in [0.05, 0.1) is 39.1 Å². The van der Waals surface area contributed by atoms with Gasteiger partial charge in [0.2, 0.25) is 0 Å². The minimum absolute atomic E-state index is 0.0904. The Bertz CT molecular complexity index is 1650. The third-order valence-electron chi connectivity index (χ3n) is 6.50. The normalized spacial score (nSPS) is 12.5. The average molecular weight is 551 g/mol. The summed E-state index contributed by atoms with van der Waals surface area (Å²) in [5.74, 6) is 0.738. The SMILES string of the molecule is COc1ccc(N(CC(O)Cn2c3ccccc3c3ccccc32)S(=O)(=O)c2cc(Cl)ccc2OC)cc1. The first-order valence-electron chi connectivity index (χ1n) is 12.0. The fourth-order valence-corrected chi connectivity index (χ4v) is 6.64. The number of hydrogen-bond acceptors (Lipinski definition) is 5. The zero-order chi connectivity index (χ0) is 26.9. The van der Waals surface area contributed by atoms with E-state index >= 15 is 0 Å². The van der Waals surface area contributed by atoms with Crippen molar-refractivity contribution in [2.75, 3.05) is 25.1 Å². The van der Waals surface area contributed by atoms with E-state index in [0.29, 0.717) is 11.4 Å². The van der Waals surface area contributed by atoms with Crippen molar-refractivity contribution in [3.8, 4) is 11.5 Å². The maximum Gasteiger partial charge on any atom is 0.268 e. The Morgan fingerprint density at radius 3 is 2.05 bits per heavy atom. The molecule has 1 aromatic heterocycles. The van der Waals surface area contributed by atoms with Gasteiger partial charge in [0.25, 0.3) is 10.0 Å². The molecule has 0 aliphatic carbocycles. The molecule has 9 heteroatoms. The zero-order valence-electron chi connectivity index (χ0n) is 20.9. The Balaban J connectivity index is 1.56. The lowest BCUT2D eigenvalue weighted by Gasteiger charge is -2.28. The van der Waals surface area contributed by atoms with Crippen LogP contribution in [0.5, 0.6) is 11.5 Å². The molecule has 5 aromatic rings. The molecule has 0 bridgehead atoms. The van der Waals surface area contributed by atoms with Gasteiger partial charge in [-0.15, -0.1) is 0 Å². The molecule has 0 radical (unpaired) electrons. The number of rotatable bonds is 9. The number of para-hydroxylation sites is 2. The fourth-order valence-electron chi connectivity index (χ4n) is 4.72. The highest BCUT2D eigenvalue weighted by molar-refractivity contribution is 7.93. The standard InChI is InChI=1S/C29H27ClN2O5S/c1-36-23-14-12-21(13-15-23)32(38(34,35)29-17-20(30)11-16-28(29)37-2)19-22(33)18-31-26-9-5-3-7-24(26)25-8-4-6-10-27(25)31/h3-17,22,33H,18-19H2,1-2H3. The minimum atomic E-state index is -4.18. The van der Waals surface area contributed by atoms with Crippen LogP contribution in [0.25, 0.3) is 21.8 Å². The van der Waals surface area contributed by atoms with Crippen LogP contribution >= 0.6 is 11.6 Å². The van der Waals surface area contributed by atoms with Crippen LogP contribution in [-0.4, -0.2) is 45.0 Å². The Hall–Kier alpha value is -3.72. The summed E-state index contributed by atoms with van der Waals surface area (Å²) in [4.78, 5) is -0.0904. The fraction of sp³-hybridized carbons (Fsp3) is 0.172. The smallest absolute Gasteiger partial charge is 0.268 e. The third-order valence-corrected chi connectivity index (χ3v) is 8.55. The highest BCUT2D eigenvalue weighted by Crippen LogP contribution is 2.34. The van der Waals surface area contributed by atoms with Crippen LogP contribution in [-0.2, 0) is 16.6 Å². The topological polar surface area (TPSA) is 81.0 Å². The van der Waals surface area contributed by atoms with E-state index in [9.17, 15) is 13.5 Å². The number of anilines is 1. The van der Waals surface area contributed by atoms with Crippen molar-refractivity contribution >= 4 is 49.1 Å². The van der Waals surface area contributed by atoms with Gasteiger partial charge in [-0.1, -0.05) is 48.0 Å². The predicted molar refractivity (Wildman–Crippen MR) is 151 cm³/mol. The van der Waals surface area contributed by atoms with E-state index in [1.807, 2.05) is 53.1 Å². The summed E-state index contributed by atoms with van der Waals surface area (Å²) in [5, 5.41) is 13.7. The van der Waals surface area contributed by atoms with Crippen molar-refractivity contribution in [2.45, 2.75) is 17.5 Å². The van der Waals surface area contributed by atoms with Gasteiger partial charge in [0.1, 0.15) is 16.4 Å². The molecule has 1 heterocycles. The highest BCUT2D eigenvalue weighted by atomic mass is 35.5. The Morgan fingerprint density at radius 2 is 1.47 bits per heavy atom. The molecule has 0 amide bonds. The van der Waals surface area contributed by atoms with Gasteiger partial charge < -0.3 is 19.1 Å². The number of ether oxygens (including phenoxy) is 2. The second-order valence-corrected chi connectivity index (χ2v) is 11.1. The van der Waals surface area contributed by atoms with E-state index in [2.05, 4.69) is 0 Å². The molecule has 1 unspecified atom stereocenters. The molecular weight excluding hydrogens is 524 g/mol. The quantitative estimate of drug-likeness (QED) is 0.254. The van der Waals surface area contributed by atoms with Gasteiger partial charge in [-0.3, -0.25) is 4.31 Å². The molecule has 7 nitrogen and oxygen atoms in total. The van der Waals surface area contributed by atoms with Crippen molar-refractivity contribution in [1.29, 1.82) is 0 Å². The molecule has 38 heavy (non-hydrogen) atoms. The summed E-state index contributed by atoms with van der Waals surface area (Å²) in [7, 11) is -1.25. The molecule has 4 aromatic carbocycles. The molecule has 0 saturated heterocycles. The van der Waals surface area contributed by atoms with E-state index in [1.54, 1.807) is 30.3 Å². The van der Waals surface area contributed by atoms with Crippen LogP contribution in [0.3, 0.4) is 0 Å². The van der Waals surface area contributed by atoms with Crippen molar-refractivity contribution in [2.24, 2.45) is 0 Å². The van der Waals surface area contributed by atoms with Crippen LogP contribution < -0.4 is 13.8 Å².